The van der Waals surface area contributed by atoms with Crippen LogP contribution in [0.15, 0.2) is 72.7 Å². The van der Waals surface area contributed by atoms with Gasteiger partial charge in [-0.1, -0.05) is 6.58 Å². The Labute approximate surface area is 160 Å². The lowest BCUT2D eigenvalue weighted by molar-refractivity contribution is -0.111. The zero-order valence-electron chi connectivity index (χ0n) is 15.1. The average Bonchev–Trinajstić information content (AvgIpc) is 3.13. The van der Waals surface area contributed by atoms with E-state index in [0.29, 0.717) is 5.69 Å². The molecule has 28 heavy (non-hydrogen) atoms. The molecule has 0 aliphatic rings. The first kappa shape index (κ1) is 17.4. The van der Waals surface area contributed by atoms with Gasteiger partial charge in [-0.3, -0.25) is 14.6 Å². The molecular formula is C21H17N5O2. The van der Waals surface area contributed by atoms with Crippen molar-refractivity contribution in [1.29, 1.82) is 0 Å². The van der Waals surface area contributed by atoms with E-state index in [-0.39, 0.29) is 11.5 Å². The maximum Gasteiger partial charge on any atom is 0.250 e. The van der Waals surface area contributed by atoms with E-state index in [4.69, 9.17) is 0 Å². The molecule has 1 amide bonds. The number of nitrogens with one attached hydrogen (secondary N) is 2. The van der Waals surface area contributed by atoms with Crippen LogP contribution in [0.4, 0.5) is 5.69 Å². The number of aromatic nitrogens is 4. The number of hydrogen-bond donors (Lipinski definition) is 2. The Morgan fingerprint density at radius 1 is 1.18 bits per heavy atom. The summed E-state index contributed by atoms with van der Waals surface area (Å²) in [6, 6.07) is 7.18. The standard InChI is InChI=1S/C21H17N5O2/c1-3-19(27)25-16-6-14(8-22-10-16)15-7-17-18(11-24-21(17)23-9-15)13-4-5-20(28)26(2)12-13/h3-12H,1H2,2H3,(H,23,24)(H,25,27). The Morgan fingerprint density at radius 2 is 2.00 bits per heavy atom. The van der Waals surface area contributed by atoms with Crippen LogP contribution in [0.1, 0.15) is 0 Å². The molecule has 7 heteroatoms. The van der Waals surface area contributed by atoms with Gasteiger partial charge in [-0.05, 0) is 24.3 Å². The van der Waals surface area contributed by atoms with Crippen LogP contribution in [0.3, 0.4) is 0 Å². The summed E-state index contributed by atoms with van der Waals surface area (Å²) in [5.74, 6) is -0.296. The highest BCUT2D eigenvalue weighted by Gasteiger charge is 2.10. The molecule has 0 aliphatic heterocycles. The molecule has 0 spiro atoms. The van der Waals surface area contributed by atoms with Gasteiger partial charge in [-0.2, -0.15) is 0 Å². The fraction of sp³-hybridized carbons (Fsp3) is 0.0476. The van der Waals surface area contributed by atoms with Crippen LogP contribution in [0.5, 0.6) is 0 Å². The summed E-state index contributed by atoms with van der Waals surface area (Å²) < 4.78 is 1.54. The Morgan fingerprint density at radius 3 is 2.79 bits per heavy atom. The van der Waals surface area contributed by atoms with E-state index in [1.54, 1.807) is 48.5 Å². The predicted molar refractivity (Wildman–Crippen MR) is 109 cm³/mol. The fourth-order valence-corrected chi connectivity index (χ4v) is 3.01. The van der Waals surface area contributed by atoms with Crippen LogP contribution in [0.2, 0.25) is 0 Å². The van der Waals surface area contributed by atoms with Crippen molar-refractivity contribution < 1.29 is 4.79 Å². The van der Waals surface area contributed by atoms with Crippen molar-refractivity contribution in [1.82, 2.24) is 19.5 Å². The van der Waals surface area contributed by atoms with E-state index in [1.165, 1.54) is 6.08 Å². The number of amides is 1. The van der Waals surface area contributed by atoms with Crippen molar-refractivity contribution >= 4 is 22.6 Å². The molecule has 4 heterocycles. The van der Waals surface area contributed by atoms with E-state index in [9.17, 15) is 9.59 Å². The number of carbonyl (C=O) groups excluding carboxylic acids is 1. The number of fused-ring (bicyclic) bond motifs is 1. The summed E-state index contributed by atoms with van der Waals surface area (Å²) in [6.07, 6.45) is 9.91. The van der Waals surface area contributed by atoms with Crippen LogP contribution in [0.25, 0.3) is 33.3 Å². The molecule has 138 valence electrons. The lowest BCUT2D eigenvalue weighted by Crippen LogP contribution is -2.13. The summed E-state index contributed by atoms with van der Waals surface area (Å²) in [6.45, 7) is 3.45. The number of anilines is 1. The van der Waals surface area contributed by atoms with Gasteiger partial charge in [0.15, 0.2) is 0 Å². The molecule has 0 fully saturated rings. The second kappa shape index (κ2) is 6.96. The van der Waals surface area contributed by atoms with Crippen molar-refractivity contribution in [2.24, 2.45) is 7.05 Å². The van der Waals surface area contributed by atoms with Crippen LogP contribution in [-0.4, -0.2) is 25.4 Å². The van der Waals surface area contributed by atoms with Gasteiger partial charge in [-0.25, -0.2) is 4.98 Å². The van der Waals surface area contributed by atoms with Crippen molar-refractivity contribution in [2.45, 2.75) is 0 Å². The zero-order chi connectivity index (χ0) is 19.7. The van der Waals surface area contributed by atoms with Crippen LogP contribution in [0, 0.1) is 0 Å². The molecule has 0 unspecified atom stereocenters. The highest BCUT2D eigenvalue weighted by molar-refractivity contribution is 5.99. The molecule has 0 aliphatic carbocycles. The Hall–Kier alpha value is -4.00. The quantitative estimate of drug-likeness (QED) is 0.539. The second-order valence-corrected chi connectivity index (χ2v) is 6.35. The topological polar surface area (TPSA) is 92.7 Å². The molecule has 4 rings (SSSR count). The van der Waals surface area contributed by atoms with Crippen molar-refractivity contribution in [3.63, 3.8) is 0 Å². The molecule has 7 nitrogen and oxygen atoms in total. The third kappa shape index (κ3) is 3.21. The van der Waals surface area contributed by atoms with Crippen molar-refractivity contribution in [2.75, 3.05) is 5.32 Å². The predicted octanol–water partition coefficient (Wildman–Crippen LogP) is 3.12. The minimum absolute atomic E-state index is 0.0631. The van der Waals surface area contributed by atoms with Crippen LogP contribution in [-0.2, 0) is 11.8 Å². The van der Waals surface area contributed by atoms with Gasteiger partial charge in [0.25, 0.3) is 0 Å². The highest BCUT2D eigenvalue weighted by atomic mass is 16.1. The Bertz CT molecular complexity index is 1270. The number of carbonyl (C=O) groups is 1. The van der Waals surface area contributed by atoms with Crippen LogP contribution < -0.4 is 10.9 Å². The second-order valence-electron chi connectivity index (χ2n) is 6.35. The van der Waals surface area contributed by atoms with Crippen molar-refractivity contribution in [3.8, 4) is 22.3 Å². The van der Waals surface area contributed by atoms with E-state index < -0.39 is 0 Å². The normalized spacial score (nSPS) is 10.8. The molecule has 2 N–H and O–H groups in total. The summed E-state index contributed by atoms with van der Waals surface area (Å²) in [5, 5.41) is 3.63. The molecule has 0 aromatic carbocycles. The first-order valence-electron chi connectivity index (χ1n) is 8.58. The number of nitrogens with zero attached hydrogens (tertiary/aromatic N) is 3. The number of aromatic amines is 1. The zero-order valence-corrected chi connectivity index (χ0v) is 15.1. The van der Waals surface area contributed by atoms with E-state index >= 15 is 0 Å². The Kier molecular flexibility index (Phi) is 4.33. The monoisotopic (exact) mass is 371 g/mol. The third-order valence-corrected chi connectivity index (χ3v) is 4.45. The summed E-state index contributed by atoms with van der Waals surface area (Å²) in [4.78, 5) is 35.1. The van der Waals surface area contributed by atoms with E-state index in [2.05, 4.69) is 26.8 Å². The average molecular weight is 371 g/mol. The Balaban J connectivity index is 1.79. The van der Waals surface area contributed by atoms with Gasteiger partial charge in [0.1, 0.15) is 5.65 Å². The third-order valence-electron chi connectivity index (χ3n) is 4.45. The summed E-state index contributed by atoms with van der Waals surface area (Å²) in [7, 11) is 1.72. The number of hydrogen-bond acceptors (Lipinski definition) is 4. The number of H-pyrrole nitrogens is 1. The molecule has 4 aromatic rings. The van der Waals surface area contributed by atoms with Crippen molar-refractivity contribution in [3.05, 3.63) is 78.3 Å². The first-order valence-corrected chi connectivity index (χ1v) is 8.58. The first-order chi connectivity index (χ1) is 13.5. The molecule has 4 aromatic heterocycles. The molecule has 0 saturated heterocycles. The van der Waals surface area contributed by atoms with Gasteiger partial charge in [0.05, 0.1) is 11.9 Å². The molecule has 0 radical (unpaired) electrons. The fourth-order valence-electron chi connectivity index (χ4n) is 3.01. The number of rotatable bonds is 4. The SMILES string of the molecule is C=CC(=O)Nc1cncc(-c2cnc3[nH]cc(-c4ccc(=O)n(C)c4)c3c2)c1. The van der Waals surface area contributed by atoms with Crippen LogP contribution >= 0.6 is 0 Å². The lowest BCUT2D eigenvalue weighted by Gasteiger charge is -2.07. The number of pyridine rings is 3. The smallest absolute Gasteiger partial charge is 0.250 e. The molecule has 0 saturated carbocycles. The molecule has 0 atom stereocenters. The van der Waals surface area contributed by atoms with Gasteiger partial charge in [0, 0.05) is 65.5 Å². The van der Waals surface area contributed by atoms with Gasteiger partial charge in [-0.15, -0.1) is 0 Å². The highest BCUT2D eigenvalue weighted by Crippen LogP contribution is 2.30. The molecular weight excluding hydrogens is 354 g/mol. The van der Waals surface area contributed by atoms with Gasteiger partial charge < -0.3 is 14.9 Å². The molecule has 0 bridgehead atoms. The largest absolute Gasteiger partial charge is 0.346 e. The maximum absolute atomic E-state index is 11.7. The van der Waals surface area contributed by atoms with Gasteiger partial charge in [0.2, 0.25) is 11.5 Å². The summed E-state index contributed by atoms with van der Waals surface area (Å²) >= 11 is 0. The number of aryl methyl sites for hydroxylation is 1. The summed E-state index contributed by atoms with van der Waals surface area (Å²) in [5.41, 5.74) is 4.81. The maximum atomic E-state index is 11.7. The minimum atomic E-state index is -0.296. The van der Waals surface area contributed by atoms with Gasteiger partial charge >= 0.3 is 0 Å². The lowest BCUT2D eigenvalue weighted by atomic mass is 10.0. The van der Waals surface area contributed by atoms with E-state index in [0.717, 1.165) is 33.3 Å². The van der Waals surface area contributed by atoms with E-state index in [1.807, 2.05) is 18.3 Å². The minimum Gasteiger partial charge on any atom is -0.346 e.